The topological polar surface area (TPSA) is 70.6 Å². The number of anilines is 1. The van der Waals surface area contributed by atoms with Gasteiger partial charge in [-0.25, -0.2) is 5.43 Å². The maximum Gasteiger partial charge on any atom is 0.329 e. The molecule has 2 aromatic carbocycles. The van der Waals surface area contributed by atoms with Gasteiger partial charge in [-0.3, -0.25) is 9.59 Å². The third kappa shape index (κ3) is 5.81. The van der Waals surface area contributed by atoms with E-state index in [-0.39, 0.29) is 0 Å². The van der Waals surface area contributed by atoms with Crippen LogP contribution < -0.4 is 10.7 Å². The summed E-state index contributed by atoms with van der Waals surface area (Å²) in [6.45, 7) is 1.73. The van der Waals surface area contributed by atoms with Crippen LogP contribution in [0.3, 0.4) is 0 Å². The van der Waals surface area contributed by atoms with Crippen molar-refractivity contribution in [1.29, 1.82) is 0 Å². The van der Waals surface area contributed by atoms with Crippen LogP contribution in [0.5, 0.6) is 0 Å². The summed E-state index contributed by atoms with van der Waals surface area (Å²) in [7, 11) is 0. The van der Waals surface area contributed by atoms with E-state index in [0.717, 1.165) is 10.0 Å². The number of rotatable bonds is 4. The molecule has 2 rings (SSSR count). The van der Waals surface area contributed by atoms with E-state index in [9.17, 15) is 9.59 Å². The van der Waals surface area contributed by atoms with Gasteiger partial charge in [-0.05, 0) is 42.8 Å². The monoisotopic (exact) mass is 385 g/mol. The van der Waals surface area contributed by atoms with Gasteiger partial charge in [0.1, 0.15) is 0 Å². The summed E-state index contributed by atoms with van der Waals surface area (Å²) in [5.74, 6) is -1.61. The SMILES string of the molecule is CC(/C=C/c1ccccc1)=N/NC(=O)C(=O)Nc1ccc(Br)cc1. The lowest BCUT2D eigenvalue weighted by Gasteiger charge is -2.04. The van der Waals surface area contributed by atoms with E-state index < -0.39 is 11.8 Å². The van der Waals surface area contributed by atoms with Gasteiger partial charge in [-0.15, -0.1) is 0 Å². The second-order valence-electron chi connectivity index (χ2n) is 4.90. The number of nitrogens with one attached hydrogen (secondary N) is 2. The number of amides is 2. The van der Waals surface area contributed by atoms with Crippen molar-refractivity contribution in [3.63, 3.8) is 0 Å². The molecule has 0 bridgehead atoms. The summed E-state index contributed by atoms with van der Waals surface area (Å²) in [6, 6.07) is 16.6. The van der Waals surface area contributed by atoms with Crippen LogP contribution in [0.15, 0.2) is 70.2 Å². The first-order valence-corrected chi connectivity index (χ1v) is 7.98. The number of hydrogen-bond donors (Lipinski definition) is 2. The quantitative estimate of drug-likeness (QED) is 0.479. The standard InChI is InChI=1S/C18H16BrN3O2/c1-13(7-8-14-5-3-2-4-6-14)21-22-18(24)17(23)20-16-11-9-15(19)10-12-16/h2-12H,1H3,(H,20,23)(H,22,24)/b8-7+,21-13-. The smallest absolute Gasteiger partial charge is 0.318 e. The fourth-order valence-corrected chi connectivity index (χ4v) is 1.99. The normalized spacial score (nSPS) is 11.3. The van der Waals surface area contributed by atoms with Crippen LogP contribution in [0.25, 0.3) is 6.08 Å². The van der Waals surface area contributed by atoms with Crippen molar-refractivity contribution in [2.75, 3.05) is 5.32 Å². The fraction of sp³-hybridized carbons (Fsp3) is 0.0556. The van der Waals surface area contributed by atoms with Crippen LogP contribution in [-0.2, 0) is 9.59 Å². The summed E-state index contributed by atoms with van der Waals surface area (Å²) >= 11 is 3.30. The number of hydrogen-bond acceptors (Lipinski definition) is 3. The van der Waals surface area contributed by atoms with Gasteiger partial charge in [0.2, 0.25) is 0 Å². The van der Waals surface area contributed by atoms with Crippen LogP contribution in [0.2, 0.25) is 0 Å². The fourth-order valence-electron chi connectivity index (χ4n) is 1.73. The van der Waals surface area contributed by atoms with Crippen LogP contribution in [-0.4, -0.2) is 17.5 Å². The highest BCUT2D eigenvalue weighted by atomic mass is 79.9. The molecule has 0 saturated heterocycles. The third-order valence-corrected chi connectivity index (χ3v) is 3.49. The number of hydrazone groups is 1. The lowest BCUT2D eigenvalue weighted by atomic mass is 10.2. The average molecular weight is 386 g/mol. The van der Waals surface area contributed by atoms with E-state index in [0.29, 0.717) is 11.4 Å². The Kier molecular flexibility index (Phi) is 6.45. The first kappa shape index (κ1) is 17.6. The molecule has 0 aliphatic heterocycles. The van der Waals surface area contributed by atoms with Crippen molar-refractivity contribution in [2.45, 2.75) is 6.92 Å². The molecule has 0 unspecified atom stereocenters. The van der Waals surface area contributed by atoms with Gasteiger partial charge in [0.05, 0.1) is 5.71 Å². The molecule has 0 atom stereocenters. The maximum absolute atomic E-state index is 11.8. The molecule has 0 radical (unpaired) electrons. The molecule has 0 spiro atoms. The molecule has 2 N–H and O–H groups in total. The summed E-state index contributed by atoms with van der Waals surface area (Å²) in [5.41, 5.74) is 4.35. The van der Waals surface area contributed by atoms with Gasteiger partial charge in [-0.1, -0.05) is 52.3 Å². The van der Waals surface area contributed by atoms with Crippen LogP contribution in [0.1, 0.15) is 12.5 Å². The summed E-state index contributed by atoms with van der Waals surface area (Å²) in [4.78, 5) is 23.5. The Labute approximate surface area is 148 Å². The van der Waals surface area contributed by atoms with Gasteiger partial charge in [0.25, 0.3) is 0 Å². The van der Waals surface area contributed by atoms with E-state index in [4.69, 9.17) is 0 Å². The number of carbonyl (C=O) groups excluding carboxylic acids is 2. The molecule has 24 heavy (non-hydrogen) atoms. The van der Waals surface area contributed by atoms with Crippen molar-refractivity contribution in [2.24, 2.45) is 5.10 Å². The average Bonchev–Trinajstić information content (AvgIpc) is 2.60. The van der Waals surface area contributed by atoms with Crippen molar-refractivity contribution >= 4 is 45.2 Å². The van der Waals surface area contributed by atoms with E-state index in [1.54, 1.807) is 37.3 Å². The Morgan fingerprint density at radius 2 is 1.67 bits per heavy atom. The van der Waals surface area contributed by atoms with Gasteiger partial charge in [-0.2, -0.15) is 5.10 Å². The van der Waals surface area contributed by atoms with Crippen molar-refractivity contribution in [3.8, 4) is 0 Å². The first-order valence-electron chi connectivity index (χ1n) is 7.19. The molecule has 122 valence electrons. The van der Waals surface area contributed by atoms with E-state index in [1.807, 2.05) is 36.4 Å². The Morgan fingerprint density at radius 3 is 2.33 bits per heavy atom. The van der Waals surface area contributed by atoms with Crippen molar-refractivity contribution in [3.05, 3.63) is 70.7 Å². The molecule has 2 aromatic rings. The van der Waals surface area contributed by atoms with Crippen LogP contribution in [0.4, 0.5) is 5.69 Å². The first-order chi connectivity index (χ1) is 11.5. The van der Waals surface area contributed by atoms with E-state index in [2.05, 4.69) is 31.8 Å². The summed E-state index contributed by atoms with van der Waals surface area (Å²) in [5, 5.41) is 6.37. The zero-order valence-corrected chi connectivity index (χ0v) is 14.6. The Morgan fingerprint density at radius 1 is 1.00 bits per heavy atom. The van der Waals surface area contributed by atoms with Crippen molar-refractivity contribution < 1.29 is 9.59 Å². The van der Waals surface area contributed by atoms with E-state index in [1.165, 1.54) is 0 Å². The molecular weight excluding hydrogens is 370 g/mol. The zero-order chi connectivity index (χ0) is 17.4. The predicted molar refractivity (Wildman–Crippen MR) is 99.5 cm³/mol. The largest absolute Gasteiger partial charge is 0.329 e. The molecule has 0 heterocycles. The molecule has 0 aliphatic rings. The minimum Gasteiger partial charge on any atom is -0.318 e. The molecule has 0 aromatic heterocycles. The summed E-state index contributed by atoms with van der Waals surface area (Å²) in [6.07, 6.45) is 3.62. The lowest BCUT2D eigenvalue weighted by Crippen LogP contribution is -2.32. The molecule has 0 fully saturated rings. The predicted octanol–water partition coefficient (Wildman–Crippen LogP) is 3.59. The molecule has 0 aliphatic carbocycles. The maximum atomic E-state index is 11.8. The van der Waals surface area contributed by atoms with Crippen LogP contribution in [0, 0.1) is 0 Å². The van der Waals surface area contributed by atoms with Crippen LogP contribution >= 0.6 is 15.9 Å². The number of carbonyl (C=O) groups is 2. The second-order valence-corrected chi connectivity index (χ2v) is 5.81. The number of nitrogens with zero attached hydrogens (tertiary/aromatic N) is 1. The van der Waals surface area contributed by atoms with Gasteiger partial charge < -0.3 is 5.32 Å². The Bertz CT molecular complexity index is 769. The Balaban J connectivity index is 1.87. The third-order valence-electron chi connectivity index (χ3n) is 2.96. The molecular formula is C18H16BrN3O2. The molecule has 6 heteroatoms. The summed E-state index contributed by atoms with van der Waals surface area (Å²) < 4.78 is 0.885. The second kappa shape index (κ2) is 8.79. The minimum absolute atomic E-state index is 0.531. The van der Waals surface area contributed by atoms with Gasteiger partial charge in [0, 0.05) is 10.2 Å². The highest BCUT2D eigenvalue weighted by molar-refractivity contribution is 9.10. The lowest BCUT2D eigenvalue weighted by molar-refractivity contribution is -0.136. The molecule has 5 nitrogen and oxygen atoms in total. The molecule has 0 saturated carbocycles. The highest BCUT2D eigenvalue weighted by Gasteiger charge is 2.12. The number of allylic oxidation sites excluding steroid dienone is 1. The molecule has 2 amide bonds. The minimum atomic E-state index is -0.828. The number of halogens is 1. The highest BCUT2D eigenvalue weighted by Crippen LogP contribution is 2.13. The van der Waals surface area contributed by atoms with Crippen molar-refractivity contribution in [1.82, 2.24) is 5.43 Å². The number of benzene rings is 2. The van der Waals surface area contributed by atoms with Gasteiger partial charge >= 0.3 is 11.8 Å². The van der Waals surface area contributed by atoms with E-state index >= 15 is 0 Å². The zero-order valence-electron chi connectivity index (χ0n) is 13.0. The van der Waals surface area contributed by atoms with Gasteiger partial charge in [0.15, 0.2) is 0 Å². The Hall–Kier alpha value is -2.73.